The SMILES string of the molecule is N/N=C(/N)NC(I)CN1CC(Oc2ccc(CCS)c(O)c2C(=O)O)C1. The third-order valence-corrected chi connectivity index (χ3v) is 4.83. The zero-order valence-electron chi connectivity index (χ0n) is 13.9. The number of carbonyl (C=O) groups is 1. The molecule has 1 saturated heterocycles. The fourth-order valence-electron chi connectivity index (χ4n) is 2.64. The molecule has 11 heteroatoms. The number of halogens is 1. The summed E-state index contributed by atoms with van der Waals surface area (Å²) in [5, 5.41) is 25.9. The van der Waals surface area contributed by atoms with Crippen LogP contribution in [0, 0.1) is 0 Å². The van der Waals surface area contributed by atoms with E-state index in [1.54, 1.807) is 12.1 Å². The molecule has 144 valence electrons. The van der Waals surface area contributed by atoms with Crippen LogP contribution in [-0.2, 0) is 6.42 Å². The predicted molar refractivity (Wildman–Crippen MR) is 110 cm³/mol. The zero-order valence-corrected chi connectivity index (χ0v) is 17.0. The predicted octanol–water partition coefficient (Wildman–Crippen LogP) is 0.165. The highest BCUT2D eigenvalue weighted by Crippen LogP contribution is 2.33. The molecule has 1 fully saturated rings. The van der Waals surface area contributed by atoms with Gasteiger partial charge in [-0.1, -0.05) is 28.7 Å². The number of nitrogens with two attached hydrogens (primary N) is 2. The molecule has 1 aromatic carbocycles. The van der Waals surface area contributed by atoms with E-state index in [1.807, 2.05) is 0 Å². The van der Waals surface area contributed by atoms with Crippen molar-refractivity contribution in [3.05, 3.63) is 23.3 Å². The fourth-order valence-corrected chi connectivity index (χ4v) is 3.76. The monoisotopic (exact) mass is 495 g/mol. The minimum atomic E-state index is -1.22. The van der Waals surface area contributed by atoms with Gasteiger partial charge in [0.15, 0.2) is 0 Å². The Balaban J connectivity index is 1.94. The third-order valence-electron chi connectivity index (χ3n) is 3.90. The first-order valence-corrected chi connectivity index (χ1v) is 9.75. The standard InChI is InChI=1S/C15H22IN5O4S/c16-11(19-15(17)20-18)7-21-5-9(6-21)25-10-2-1-8(3-4-26)13(22)12(10)14(23)24/h1-2,9,11,22,26H,3-7,18H2,(H,23,24)(H3,17,19,20). The van der Waals surface area contributed by atoms with Crippen molar-refractivity contribution >= 4 is 47.1 Å². The summed E-state index contributed by atoms with van der Waals surface area (Å²) < 4.78 is 5.81. The highest BCUT2D eigenvalue weighted by molar-refractivity contribution is 14.1. The van der Waals surface area contributed by atoms with Crippen molar-refractivity contribution in [2.24, 2.45) is 16.7 Å². The summed E-state index contributed by atoms with van der Waals surface area (Å²) in [4.78, 5) is 13.6. The second kappa shape index (κ2) is 9.37. The van der Waals surface area contributed by atoms with E-state index in [0.717, 1.165) is 0 Å². The van der Waals surface area contributed by atoms with Crippen LogP contribution in [0.25, 0.3) is 0 Å². The molecular weight excluding hydrogens is 473 g/mol. The third kappa shape index (κ3) is 5.20. The molecule has 7 N–H and O–H groups in total. The number of nitrogens with one attached hydrogen (secondary N) is 1. The van der Waals surface area contributed by atoms with Crippen LogP contribution >= 0.6 is 35.2 Å². The van der Waals surface area contributed by atoms with E-state index < -0.39 is 5.97 Å². The average molecular weight is 495 g/mol. The topological polar surface area (TPSA) is 146 Å². The van der Waals surface area contributed by atoms with Crippen molar-refractivity contribution in [1.82, 2.24) is 10.2 Å². The Bertz CT molecular complexity index is 684. The first-order valence-electron chi connectivity index (χ1n) is 7.87. The molecule has 0 amide bonds. The molecule has 1 unspecified atom stereocenters. The Morgan fingerprint density at radius 3 is 2.81 bits per heavy atom. The number of aromatic hydroxyl groups is 1. The van der Waals surface area contributed by atoms with Crippen LogP contribution in [0.3, 0.4) is 0 Å². The molecule has 1 heterocycles. The Hall–Kier alpha value is -1.60. The maximum Gasteiger partial charge on any atom is 0.343 e. The van der Waals surface area contributed by atoms with Crippen LogP contribution in [-0.4, -0.2) is 62.6 Å². The number of nitrogens with zero attached hydrogens (tertiary/aromatic N) is 2. The second-order valence-corrected chi connectivity index (χ2v) is 7.76. The van der Waals surface area contributed by atoms with Gasteiger partial charge in [0, 0.05) is 19.6 Å². The summed E-state index contributed by atoms with van der Waals surface area (Å²) in [7, 11) is 0. The average Bonchev–Trinajstić information content (AvgIpc) is 2.54. The lowest BCUT2D eigenvalue weighted by Crippen LogP contribution is -2.57. The number of thiol groups is 1. The minimum absolute atomic E-state index is 0.0278. The van der Waals surface area contributed by atoms with Crippen molar-refractivity contribution in [2.75, 3.05) is 25.4 Å². The molecule has 0 saturated carbocycles. The molecule has 26 heavy (non-hydrogen) atoms. The van der Waals surface area contributed by atoms with E-state index in [1.165, 1.54) is 0 Å². The smallest absolute Gasteiger partial charge is 0.343 e. The van der Waals surface area contributed by atoms with Gasteiger partial charge in [-0.25, -0.2) is 4.79 Å². The first-order chi connectivity index (χ1) is 12.3. The van der Waals surface area contributed by atoms with E-state index in [9.17, 15) is 15.0 Å². The number of ether oxygens (including phenoxy) is 1. The summed E-state index contributed by atoms with van der Waals surface area (Å²) in [5.74, 6) is 4.45. The number of hydrazone groups is 1. The molecule has 1 aliphatic heterocycles. The Labute approximate surface area is 170 Å². The number of hydrogen-bond donors (Lipinski definition) is 6. The molecule has 9 nitrogen and oxygen atoms in total. The normalized spacial score (nSPS) is 16.8. The van der Waals surface area contributed by atoms with Gasteiger partial charge in [0.1, 0.15) is 23.2 Å². The van der Waals surface area contributed by atoms with Gasteiger partial charge >= 0.3 is 5.97 Å². The van der Waals surface area contributed by atoms with Crippen LogP contribution in [0.5, 0.6) is 11.5 Å². The van der Waals surface area contributed by atoms with Gasteiger partial charge in [0.25, 0.3) is 0 Å². The van der Waals surface area contributed by atoms with E-state index in [2.05, 4.69) is 50.5 Å². The molecule has 0 aromatic heterocycles. The van der Waals surface area contributed by atoms with Crippen molar-refractivity contribution in [3.8, 4) is 11.5 Å². The van der Waals surface area contributed by atoms with Crippen molar-refractivity contribution in [1.29, 1.82) is 0 Å². The summed E-state index contributed by atoms with van der Waals surface area (Å²) in [6.07, 6.45) is 0.332. The quantitative estimate of drug-likeness (QED) is 0.0437. The van der Waals surface area contributed by atoms with Crippen LogP contribution in [0.2, 0.25) is 0 Å². The van der Waals surface area contributed by atoms with Gasteiger partial charge in [-0.2, -0.15) is 12.6 Å². The summed E-state index contributed by atoms with van der Waals surface area (Å²) in [6.45, 7) is 1.98. The number of phenols is 1. The van der Waals surface area contributed by atoms with Crippen LogP contribution in [0.4, 0.5) is 0 Å². The largest absolute Gasteiger partial charge is 0.507 e. The lowest BCUT2D eigenvalue weighted by atomic mass is 10.0. The lowest BCUT2D eigenvalue weighted by molar-refractivity contribution is 0.0194. The van der Waals surface area contributed by atoms with Crippen LogP contribution in [0.1, 0.15) is 15.9 Å². The number of aromatic carboxylic acids is 1. The molecule has 1 aromatic rings. The number of hydrogen-bond acceptors (Lipinski definition) is 7. The van der Waals surface area contributed by atoms with Gasteiger partial charge in [-0.3, -0.25) is 4.90 Å². The molecular formula is C15H22IN5O4S. The molecule has 0 bridgehead atoms. The molecule has 0 spiro atoms. The van der Waals surface area contributed by atoms with Gasteiger partial charge in [0.05, 0.1) is 4.05 Å². The molecule has 0 aliphatic carbocycles. The number of rotatable bonds is 8. The maximum absolute atomic E-state index is 11.5. The van der Waals surface area contributed by atoms with Crippen molar-refractivity contribution in [2.45, 2.75) is 16.6 Å². The summed E-state index contributed by atoms with van der Waals surface area (Å²) in [5.41, 5.74) is 5.85. The van der Waals surface area contributed by atoms with Gasteiger partial charge < -0.3 is 31.8 Å². The molecule has 1 atom stereocenters. The molecule has 0 radical (unpaired) electrons. The number of guanidine groups is 1. The van der Waals surface area contributed by atoms with Crippen molar-refractivity contribution < 1.29 is 19.7 Å². The number of carboxylic acids is 1. The Morgan fingerprint density at radius 1 is 1.54 bits per heavy atom. The minimum Gasteiger partial charge on any atom is -0.507 e. The number of alkyl halides is 1. The molecule has 1 aliphatic rings. The second-order valence-electron chi connectivity index (χ2n) is 5.81. The number of benzene rings is 1. The van der Waals surface area contributed by atoms with Gasteiger partial charge in [-0.15, -0.1) is 5.10 Å². The maximum atomic E-state index is 11.5. The van der Waals surface area contributed by atoms with E-state index in [0.29, 0.717) is 37.4 Å². The van der Waals surface area contributed by atoms with Gasteiger partial charge in [-0.05, 0) is 23.8 Å². The summed E-state index contributed by atoms with van der Waals surface area (Å²) >= 11 is 6.30. The fraction of sp³-hybridized carbons (Fsp3) is 0.467. The Morgan fingerprint density at radius 2 is 2.23 bits per heavy atom. The van der Waals surface area contributed by atoms with Gasteiger partial charge in [0.2, 0.25) is 5.96 Å². The summed E-state index contributed by atoms with van der Waals surface area (Å²) in [6, 6.07) is 3.26. The molecule has 2 rings (SSSR count). The van der Waals surface area contributed by atoms with Crippen LogP contribution in [0.15, 0.2) is 17.2 Å². The lowest BCUT2D eigenvalue weighted by Gasteiger charge is -2.40. The van der Waals surface area contributed by atoms with Crippen LogP contribution < -0.4 is 21.6 Å². The Kier molecular flexibility index (Phi) is 7.46. The number of aryl methyl sites for hydroxylation is 1. The number of carboxylic acid groups (broad SMARTS) is 1. The highest BCUT2D eigenvalue weighted by atomic mass is 127. The van der Waals surface area contributed by atoms with E-state index in [4.69, 9.17) is 16.3 Å². The van der Waals surface area contributed by atoms with Crippen molar-refractivity contribution in [3.63, 3.8) is 0 Å². The van der Waals surface area contributed by atoms with E-state index >= 15 is 0 Å². The zero-order chi connectivity index (χ0) is 19.3. The first kappa shape index (κ1) is 20.7. The number of likely N-dealkylation sites (tertiary alicyclic amines) is 1. The highest BCUT2D eigenvalue weighted by Gasteiger charge is 2.31. The van der Waals surface area contributed by atoms with E-state index in [-0.39, 0.29) is 33.2 Å².